The molecular weight excluding hydrogens is 552 g/mol. The Morgan fingerprint density at radius 1 is 1.09 bits per heavy atom. The highest BCUT2D eigenvalue weighted by atomic mass is 79.9. The Labute approximate surface area is 216 Å². The molecule has 1 amide bonds. The van der Waals surface area contributed by atoms with Crippen molar-refractivity contribution < 1.29 is 19.1 Å². The van der Waals surface area contributed by atoms with Crippen LogP contribution < -0.4 is 4.90 Å². The number of aliphatic hydroxyl groups is 1. The van der Waals surface area contributed by atoms with Crippen molar-refractivity contribution in [3.8, 4) is 0 Å². The van der Waals surface area contributed by atoms with Crippen LogP contribution >= 0.6 is 38.9 Å². The molecule has 1 unspecified atom stereocenters. The first kappa shape index (κ1) is 22.0. The fraction of sp³-hybridized carbons (Fsp3) is 0.0385. The summed E-state index contributed by atoms with van der Waals surface area (Å²) in [6, 6.07) is 20.4. The van der Waals surface area contributed by atoms with Crippen molar-refractivity contribution in [2.45, 2.75) is 6.04 Å². The summed E-state index contributed by atoms with van der Waals surface area (Å²) in [6.07, 6.45) is 0. The zero-order valence-electron chi connectivity index (χ0n) is 17.7. The number of furan rings is 1. The fourth-order valence-electron chi connectivity index (χ4n) is 4.24. The lowest BCUT2D eigenvalue weighted by atomic mass is 9.95. The van der Waals surface area contributed by atoms with Gasteiger partial charge in [0.1, 0.15) is 5.58 Å². The number of amides is 1. The molecule has 0 bridgehead atoms. The monoisotopic (exact) mass is 564 g/mol. The zero-order valence-corrected chi connectivity index (χ0v) is 20.9. The van der Waals surface area contributed by atoms with Crippen LogP contribution in [0.2, 0.25) is 5.02 Å². The van der Waals surface area contributed by atoms with Gasteiger partial charge in [0.2, 0.25) is 5.78 Å². The highest BCUT2D eigenvalue weighted by molar-refractivity contribution is 9.10. The van der Waals surface area contributed by atoms with E-state index in [4.69, 9.17) is 16.0 Å². The second-order valence-corrected chi connectivity index (χ2v) is 10.3. The van der Waals surface area contributed by atoms with Crippen LogP contribution in [-0.2, 0) is 4.79 Å². The van der Waals surface area contributed by atoms with Crippen LogP contribution in [0.15, 0.2) is 93.0 Å². The standard InChI is InChI=1S/C26H14BrClN2O4S/c27-15-6-3-5-14(10-15)22-21(23(31)19-11-13-4-1-2-7-18(13)34-19)24(32)25(33)30(22)26-29-17-9-8-16(28)12-20(17)35-26/h1-12,22,32H. The van der Waals surface area contributed by atoms with Gasteiger partial charge < -0.3 is 9.52 Å². The van der Waals surface area contributed by atoms with Gasteiger partial charge >= 0.3 is 0 Å². The van der Waals surface area contributed by atoms with Gasteiger partial charge in [0.15, 0.2) is 16.7 Å². The maximum atomic E-state index is 13.7. The molecule has 0 spiro atoms. The lowest BCUT2D eigenvalue weighted by Gasteiger charge is -2.24. The van der Waals surface area contributed by atoms with Gasteiger partial charge in [-0.2, -0.15) is 0 Å². The summed E-state index contributed by atoms with van der Waals surface area (Å²) in [6.45, 7) is 0. The summed E-state index contributed by atoms with van der Waals surface area (Å²) in [7, 11) is 0. The highest BCUT2D eigenvalue weighted by Crippen LogP contribution is 2.45. The van der Waals surface area contributed by atoms with Gasteiger partial charge in [0.25, 0.3) is 5.91 Å². The van der Waals surface area contributed by atoms with E-state index >= 15 is 0 Å². The van der Waals surface area contributed by atoms with Gasteiger partial charge in [-0.3, -0.25) is 14.5 Å². The minimum absolute atomic E-state index is 0.0403. The number of carbonyl (C=O) groups excluding carboxylic acids is 2. The van der Waals surface area contributed by atoms with Crippen LogP contribution in [0.1, 0.15) is 22.2 Å². The number of ketones is 1. The molecule has 6 nitrogen and oxygen atoms in total. The Morgan fingerprint density at radius 3 is 2.71 bits per heavy atom. The Bertz CT molecular complexity index is 1670. The fourth-order valence-corrected chi connectivity index (χ4v) is 5.93. The van der Waals surface area contributed by atoms with Crippen LogP contribution in [0.3, 0.4) is 0 Å². The van der Waals surface area contributed by atoms with Crippen molar-refractivity contribution >= 4 is 76.9 Å². The van der Waals surface area contributed by atoms with Gasteiger partial charge in [-0.15, -0.1) is 0 Å². The number of nitrogens with zero attached hydrogens (tertiary/aromatic N) is 2. The second-order valence-electron chi connectivity index (χ2n) is 7.98. The quantitative estimate of drug-likeness (QED) is 0.232. The molecule has 0 saturated heterocycles. The number of Topliss-reactive ketones (excluding diaryl/α,β-unsaturated/α-hetero) is 1. The molecule has 0 fully saturated rings. The normalized spacial score (nSPS) is 16.1. The first-order chi connectivity index (χ1) is 16.9. The number of aliphatic hydroxyl groups excluding tert-OH is 1. The van der Waals surface area contributed by atoms with Gasteiger partial charge in [0.05, 0.1) is 21.8 Å². The van der Waals surface area contributed by atoms with Gasteiger partial charge in [-0.1, -0.05) is 69.2 Å². The molecule has 9 heteroatoms. The molecule has 0 aliphatic carbocycles. The molecule has 1 aliphatic heterocycles. The van der Waals surface area contributed by atoms with E-state index in [2.05, 4.69) is 20.9 Å². The first-order valence-electron chi connectivity index (χ1n) is 10.5. The topological polar surface area (TPSA) is 83.6 Å². The van der Waals surface area contributed by atoms with Crippen LogP contribution in [0.4, 0.5) is 5.13 Å². The number of hydrogen-bond acceptors (Lipinski definition) is 6. The average Bonchev–Trinajstić information content (AvgIpc) is 3.52. The summed E-state index contributed by atoms with van der Waals surface area (Å²) in [5, 5.41) is 12.6. The Kier molecular flexibility index (Phi) is 5.25. The van der Waals surface area contributed by atoms with E-state index in [0.717, 1.165) is 14.6 Å². The molecule has 5 aromatic rings. The predicted molar refractivity (Wildman–Crippen MR) is 139 cm³/mol. The lowest BCUT2D eigenvalue weighted by molar-refractivity contribution is -0.117. The smallest absolute Gasteiger partial charge is 0.296 e. The third-order valence-electron chi connectivity index (χ3n) is 5.81. The number of halogens is 2. The van der Waals surface area contributed by atoms with Crippen LogP contribution in [0.5, 0.6) is 0 Å². The van der Waals surface area contributed by atoms with E-state index in [9.17, 15) is 14.7 Å². The SMILES string of the molecule is O=C(C1=C(O)C(=O)N(c2nc3ccc(Cl)cc3s2)C1c1cccc(Br)c1)c1cc2ccccc2o1. The van der Waals surface area contributed by atoms with Gasteiger partial charge in [-0.25, -0.2) is 4.98 Å². The number of para-hydroxylation sites is 1. The molecule has 2 aromatic heterocycles. The van der Waals surface area contributed by atoms with E-state index in [1.165, 1.54) is 16.2 Å². The number of fused-ring (bicyclic) bond motifs is 2. The number of aromatic nitrogens is 1. The summed E-state index contributed by atoms with van der Waals surface area (Å²) in [5.74, 6) is -1.86. The van der Waals surface area contributed by atoms with E-state index in [-0.39, 0.29) is 11.3 Å². The van der Waals surface area contributed by atoms with E-state index in [1.54, 1.807) is 54.6 Å². The maximum Gasteiger partial charge on any atom is 0.296 e. The third kappa shape index (κ3) is 3.65. The number of hydrogen-bond donors (Lipinski definition) is 1. The minimum Gasteiger partial charge on any atom is -0.503 e. The van der Waals surface area contributed by atoms with Gasteiger partial charge in [-0.05, 0) is 48.0 Å². The second kappa shape index (κ2) is 8.34. The lowest BCUT2D eigenvalue weighted by Crippen LogP contribution is -2.30. The third-order valence-corrected chi connectivity index (χ3v) is 7.56. The molecule has 1 atom stereocenters. The highest BCUT2D eigenvalue weighted by Gasteiger charge is 2.46. The molecule has 0 saturated carbocycles. The number of carbonyl (C=O) groups is 2. The average molecular weight is 566 g/mol. The number of thiazole rings is 1. The van der Waals surface area contributed by atoms with Crippen molar-refractivity contribution in [3.05, 3.63) is 105 Å². The summed E-state index contributed by atoms with van der Waals surface area (Å²) in [5.41, 5.74) is 1.77. The van der Waals surface area contributed by atoms with Crippen molar-refractivity contribution in [1.29, 1.82) is 0 Å². The molecule has 35 heavy (non-hydrogen) atoms. The minimum atomic E-state index is -0.906. The number of rotatable bonds is 4. The zero-order chi connectivity index (χ0) is 24.3. The molecule has 3 heterocycles. The molecule has 172 valence electrons. The van der Waals surface area contributed by atoms with Crippen molar-refractivity contribution in [2.24, 2.45) is 0 Å². The van der Waals surface area contributed by atoms with Crippen molar-refractivity contribution in [3.63, 3.8) is 0 Å². The molecule has 1 N–H and O–H groups in total. The summed E-state index contributed by atoms with van der Waals surface area (Å²) >= 11 is 10.9. The molecule has 3 aromatic carbocycles. The maximum absolute atomic E-state index is 13.7. The van der Waals surface area contributed by atoms with Gasteiger partial charge in [0, 0.05) is 14.9 Å². The van der Waals surface area contributed by atoms with Crippen molar-refractivity contribution in [1.82, 2.24) is 4.98 Å². The predicted octanol–water partition coefficient (Wildman–Crippen LogP) is 7.24. The van der Waals surface area contributed by atoms with Crippen LogP contribution in [0.25, 0.3) is 21.2 Å². The molecule has 6 rings (SSSR count). The largest absolute Gasteiger partial charge is 0.503 e. The Balaban J connectivity index is 1.52. The Hall–Kier alpha value is -3.46. The van der Waals surface area contributed by atoms with E-state index < -0.39 is 23.5 Å². The van der Waals surface area contributed by atoms with Crippen LogP contribution in [0, 0.1) is 0 Å². The summed E-state index contributed by atoms with van der Waals surface area (Å²) in [4.78, 5) is 33.1. The molecule has 0 radical (unpaired) electrons. The van der Waals surface area contributed by atoms with Crippen LogP contribution in [-0.4, -0.2) is 21.8 Å². The molecule has 1 aliphatic rings. The number of benzene rings is 3. The molecular formula is C26H14BrClN2O4S. The Morgan fingerprint density at radius 2 is 1.91 bits per heavy atom. The number of anilines is 1. The summed E-state index contributed by atoms with van der Waals surface area (Å²) < 4.78 is 7.32. The first-order valence-corrected chi connectivity index (χ1v) is 12.5. The van der Waals surface area contributed by atoms with E-state index in [1.807, 2.05) is 18.2 Å². The van der Waals surface area contributed by atoms with E-state index in [0.29, 0.717) is 26.8 Å². The van der Waals surface area contributed by atoms with Crippen molar-refractivity contribution in [2.75, 3.05) is 4.90 Å².